The second-order valence-electron chi connectivity index (χ2n) is 3.81. The molecule has 0 bridgehead atoms. The number of amides is 1. The summed E-state index contributed by atoms with van der Waals surface area (Å²) in [5, 5.41) is 2.73. The van der Waals surface area contributed by atoms with Gasteiger partial charge in [0.2, 0.25) is 5.91 Å². The van der Waals surface area contributed by atoms with E-state index in [0.29, 0.717) is 26.2 Å². The Labute approximate surface area is 95.6 Å². The minimum absolute atomic E-state index is 0.00546. The summed E-state index contributed by atoms with van der Waals surface area (Å²) < 4.78 is 5.19. The second-order valence-corrected chi connectivity index (χ2v) is 3.81. The van der Waals surface area contributed by atoms with Gasteiger partial charge < -0.3 is 15.5 Å². The lowest BCUT2D eigenvalue weighted by Crippen LogP contribution is -2.37. The molecule has 5 nitrogen and oxygen atoms in total. The lowest BCUT2D eigenvalue weighted by Gasteiger charge is -2.15. The Morgan fingerprint density at radius 3 is 2.94 bits per heavy atom. The smallest absolute Gasteiger partial charge is 0.234 e. The molecule has 3 N–H and O–H groups in total. The summed E-state index contributed by atoms with van der Waals surface area (Å²) in [6.45, 7) is 3.98. The molecule has 1 heterocycles. The van der Waals surface area contributed by atoms with Gasteiger partial charge in [-0.05, 0) is 20.0 Å². The van der Waals surface area contributed by atoms with E-state index in [4.69, 9.17) is 10.2 Å². The minimum Gasteiger partial charge on any atom is -0.469 e. The highest BCUT2D eigenvalue weighted by atomic mass is 16.3. The number of aryl methyl sites for hydroxylation is 1. The molecule has 90 valence electrons. The standard InChI is InChI=1S/C11H19N3O2/c1-9-10(3-6-16-9)7-14(2)8-11(15)13-5-4-12/h3,6H,4-5,7-8,12H2,1-2H3,(H,13,15). The molecule has 0 aromatic carbocycles. The molecule has 1 amide bonds. The van der Waals surface area contributed by atoms with Crippen LogP contribution in [0.3, 0.4) is 0 Å². The molecular weight excluding hydrogens is 206 g/mol. The molecule has 0 saturated carbocycles. The van der Waals surface area contributed by atoms with Crippen molar-refractivity contribution in [3.05, 3.63) is 23.7 Å². The Bertz CT molecular complexity index is 336. The molecule has 0 unspecified atom stereocenters. The summed E-state index contributed by atoms with van der Waals surface area (Å²) in [7, 11) is 1.90. The van der Waals surface area contributed by atoms with Crippen molar-refractivity contribution in [3.8, 4) is 0 Å². The zero-order chi connectivity index (χ0) is 12.0. The third-order valence-electron chi connectivity index (χ3n) is 2.29. The number of furan rings is 1. The molecule has 0 saturated heterocycles. The van der Waals surface area contributed by atoms with Crippen LogP contribution in [0.1, 0.15) is 11.3 Å². The van der Waals surface area contributed by atoms with E-state index in [1.807, 2.05) is 24.9 Å². The van der Waals surface area contributed by atoms with Crippen molar-refractivity contribution in [2.24, 2.45) is 5.73 Å². The molecule has 0 aliphatic heterocycles. The number of nitrogens with one attached hydrogen (secondary N) is 1. The summed E-state index contributed by atoms with van der Waals surface area (Å²) in [5.74, 6) is 0.892. The van der Waals surface area contributed by atoms with Crippen LogP contribution in [-0.4, -0.2) is 37.5 Å². The molecule has 0 fully saturated rings. The van der Waals surface area contributed by atoms with Gasteiger partial charge in [-0.2, -0.15) is 0 Å². The predicted octanol–water partition coefficient (Wildman–Crippen LogP) is 0.0947. The number of carbonyl (C=O) groups excluding carboxylic acids is 1. The first kappa shape index (κ1) is 12.7. The third kappa shape index (κ3) is 4.04. The van der Waals surface area contributed by atoms with E-state index in [-0.39, 0.29) is 5.91 Å². The van der Waals surface area contributed by atoms with Crippen molar-refractivity contribution in [3.63, 3.8) is 0 Å². The van der Waals surface area contributed by atoms with E-state index in [1.165, 1.54) is 0 Å². The maximum atomic E-state index is 11.4. The molecular formula is C11H19N3O2. The maximum Gasteiger partial charge on any atom is 0.234 e. The summed E-state index contributed by atoms with van der Waals surface area (Å²) in [4.78, 5) is 13.3. The quantitative estimate of drug-likeness (QED) is 0.720. The zero-order valence-corrected chi connectivity index (χ0v) is 9.82. The van der Waals surface area contributed by atoms with Gasteiger partial charge in [-0.1, -0.05) is 0 Å². The van der Waals surface area contributed by atoms with Crippen LogP contribution in [0, 0.1) is 6.92 Å². The van der Waals surface area contributed by atoms with Crippen molar-refractivity contribution in [2.75, 3.05) is 26.7 Å². The largest absolute Gasteiger partial charge is 0.469 e. The van der Waals surface area contributed by atoms with Crippen LogP contribution in [0.15, 0.2) is 16.7 Å². The van der Waals surface area contributed by atoms with Gasteiger partial charge in [0.15, 0.2) is 0 Å². The first-order chi connectivity index (χ1) is 7.63. The second kappa shape index (κ2) is 6.30. The lowest BCUT2D eigenvalue weighted by molar-refractivity contribution is -0.122. The van der Waals surface area contributed by atoms with Crippen molar-refractivity contribution in [1.82, 2.24) is 10.2 Å². The number of likely N-dealkylation sites (N-methyl/N-ethyl adjacent to an activating group) is 1. The first-order valence-corrected chi connectivity index (χ1v) is 5.31. The highest BCUT2D eigenvalue weighted by Gasteiger charge is 2.08. The number of nitrogens with two attached hydrogens (primary N) is 1. The van der Waals surface area contributed by atoms with Crippen molar-refractivity contribution < 1.29 is 9.21 Å². The van der Waals surface area contributed by atoms with E-state index >= 15 is 0 Å². The number of nitrogens with zero attached hydrogens (tertiary/aromatic N) is 1. The van der Waals surface area contributed by atoms with E-state index < -0.39 is 0 Å². The van der Waals surface area contributed by atoms with Gasteiger partial charge in [-0.3, -0.25) is 9.69 Å². The number of hydrogen-bond donors (Lipinski definition) is 2. The normalized spacial score (nSPS) is 10.8. The van der Waals surface area contributed by atoms with Crippen molar-refractivity contribution in [1.29, 1.82) is 0 Å². The van der Waals surface area contributed by atoms with Crippen LogP contribution in [0.2, 0.25) is 0 Å². The monoisotopic (exact) mass is 225 g/mol. The van der Waals surface area contributed by atoms with Gasteiger partial charge in [0.05, 0.1) is 12.8 Å². The molecule has 1 aromatic rings. The van der Waals surface area contributed by atoms with E-state index in [0.717, 1.165) is 11.3 Å². The molecule has 5 heteroatoms. The van der Waals surface area contributed by atoms with Crippen LogP contribution in [-0.2, 0) is 11.3 Å². The highest BCUT2D eigenvalue weighted by molar-refractivity contribution is 5.77. The SMILES string of the molecule is Cc1occc1CN(C)CC(=O)NCCN. The molecule has 0 aliphatic carbocycles. The molecule has 1 aromatic heterocycles. The Morgan fingerprint density at radius 1 is 1.62 bits per heavy atom. The van der Waals surface area contributed by atoms with Gasteiger partial charge >= 0.3 is 0 Å². The summed E-state index contributed by atoms with van der Waals surface area (Å²) in [6.07, 6.45) is 1.66. The average molecular weight is 225 g/mol. The van der Waals surface area contributed by atoms with Crippen LogP contribution in [0.5, 0.6) is 0 Å². The fourth-order valence-electron chi connectivity index (χ4n) is 1.43. The summed E-state index contributed by atoms with van der Waals surface area (Å²) in [5.41, 5.74) is 6.40. The topological polar surface area (TPSA) is 71.5 Å². The minimum atomic E-state index is -0.00546. The zero-order valence-electron chi connectivity index (χ0n) is 9.82. The molecule has 0 radical (unpaired) electrons. The van der Waals surface area contributed by atoms with Crippen molar-refractivity contribution >= 4 is 5.91 Å². The molecule has 0 aliphatic rings. The fraction of sp³-hybridized carbons (Fsp3) is 0.545. The molecule has 16 heavy (non-hydrogen) atoms. The molecule has 1 rings (SSSR count). The van der Waals surface area contributed by atoms with Crippen molar-refractivity contribution in [2.45, 2.75) is 13.5 Å². The predicted molar refractivity (Wildman–Crippen MR) is 61.8 cm³/mol. The maximum absolute atomic E-state index is 11.4. The Kier molecular flexibility index (Phi) is 5.01. The Morgan fingerprint density at radius 2 is 2.38 bits per heavy atom. The highest BCUT2D eigenvalue weighted by Crippen LogP contribution is 2.10. The fourth-order valence-corrected chi connectivity index (χ4v) is 1.43. The van der Waals surface area contributed by atoms with E-state index in [2.05, 4.69) is 5.32 Å². The summed E-state index contributed by atoms with van der Waals surface area (Å²) >= 11 is 0. The van der Waals surface area contributed by atoms with Gasteiger partial charge in [0, 0.05) is 25.2 Å². The number of hydrogen-bond acceptors (Lipinski definition) is 4. The Hall–Kier alpha value is -1.33. The van der Waals surface area contributed by atoms with Gasteiger partial charge in [-0.25, -0.2) is 0 Å². The van der Waals surface area contributed by atoms with Crippen LogP contribution >= 0.6 is 0 Å². The van der Waals surface area contributed by atoms with E-state index in [1.54, 1.807) is 6.26 Å². The van der Waals surface area contributed by atoms with Crippen LogP contribution < -0.4 is 11.1 Å². The van der Waals surface area contributed by atoms with Crippen LogP contribution in [0.25, 0.3) is 0 Å². The third-order valence-corrected chi connectivity index (χ3v) is 2.29. The number of rotatable bonds is 6. The van der Waals surface area contributed by atoms with E-state index in [9.17, 15) is 4.79 Å². The van der Waals surface area contributed by atoms with Gasteiger partial charge in [0.25, 0.3) is 0 Å². The van der Waals surface area contributed by atoms with Gasteiger partial charge in [-0.15, -0.1) is 0 Å². The molecule has 0 spiro atoms. The summed E-state index contributed by atoms with van der Waals surface area (Å²) in [6, 6.07) is 1.92. The number of carbonyl (C=O) groups is 1. The first-order valence-electron chi connectivity index (χ1n) is 5.31. The Balaban J connectivity index is 2.33. The van der Waals surface area contributed by atoms with Crippen LogP contribution in [0.4, 0.5) is 0 Å². The lowest BCUT2D eigenvalue weighted by atomic mass is 10.2. The molecule has 0 atom stereocenters. The average Bonchev–Trinajstić information content (AvgIpc) is 2.61. The van der Waals surface area contributed by atoms with Gasteiger partial charge in [0.1, 0.15) is 5.76 Å².